The van der Waals surface area contributed by atoms with Crippen molar-refractivity contribution in [3.05, 3.63) is 32.9 Å². The van der Waals surface area contributed by atoms with Gasteiger partial charge in [0.1, 0.15) is 25.0 Å². The van der Waals surface area contributed by atoms with Gasteiger partial charge < -0.3 is 14.2 Å². The van der Waals surface area contributed by atoms with Crippen LogP contribution in [-0.2, 0) is 23.8 Å². The Morgan fingerprint density at radius 1 is 1.26 bits per heavy atom. The molecule has 1 aromatic rings. The molecule has 1 unspecified atom stereocenters. The second-order valence-electron chi connectivity index (χ2n) is 6.22. The Morgan fingerprint density at radius 3 is 2.59 bits per heavy atom. The number of nitrogens with zero attached hydrogens (tertiary/aromatic N) is 1. The smallest absolute Gasteiger partial charge is 0.330 e. The molecule has 1 saturated heterocycles. The molecule has 0 amide bonds. The molecule has 0 aliphatic carbocycles. The minimum Gasteiger partial charge on any atom is -0.463 e. The molecule has 0 saturated carbocycles. The number of rotatable bonds is 8. The summed E-state index contributed by atoms with van der Waals surface area (Å²) in [5.41, 5.74) is -1.99. The zero-order chi connectivity index (χ0) is 20.0. The lowest BCUT2D eigenvalue weighted by atomic mass is 10.2. The molecule has 150 valence electrons. The molecule has 27 heavy (non-hydrogen) atoms. The number of aromatic nitrogens is 2. The highest BCUT2D eigenvalue weighted by molar-refractivity contribution is 5.70. The summed E-state index contributed by atoms with van der Waals surface area (Å²) in [6, 6.07) is 0. The summed E-state index contributed by atoms with van der Waals surface area (Å²) >= 11 is 0. The number of hydrogen-bond donors (Lipinski definition) is 1. The van der Waals surface area contributed by atoms with E-state index < -0.39 is 47.4 Å². The van der Waals surface area contributed by atoms with Gasteiger partial charge in [-0.25, -0.2) is 4.79 Å². The van der Waals surface area contributed by atoms with Crippen LogP contribution in [0.5, 0.6) is 0 Å². The second-order valence-corrected chi connectivity index (χ2v) is 6.22. The third kappa shape index (κ3) is 5.49. The molecule has 0 radical (unpaired) electrons. The van der Waals surface area contributed by atoms with Crippen molar-refractivity contribution in [1.29, 1.82) is 0 Å². The summed E-state index contributed by atoms with van der Waals surface area (Å²) < 4.78 is 30.6. The predicted molar refractivity (Wildman–Crippen MR) is 90.5 cm³/mol. The largest absolute Gasteiger partial charge is 0.463 e. The van der Waals surface area contributed by atoms with Crippen LogP contribution in [0.15, 0.2) is 15.8 Å². The van der Waals surface area contributed by atoms with E-state index in [1.807, 2.05) is 18.8 Å². The normalized spacial score (nSPS) is 21.8. The van der Waals surface area contributed by atoms with Crippen LogP contribution in [0.2, 0.25) is 0 Å². The average Bonchev–Trinajstić information content (AvgIpc) is 2.99. The summed E-state index contributed by atoms with van der Waals surface area (Å²) in [7, 11) is 0. The molecule has 3 atom stereocenters. The third-order valence-electron chi connectivity index (χ3n) is 4.01. The van der Waals surface area contributed by atoms with Crippen molar-refractivity contribution in [1.82, 2.24) is 9.55 Å². The zero-order valence-electron chi connectivity index (χ0n) is 15.2. The van der Waals surface area contributed by atoms with Crippen LogP contribution in [0.3, 0.4) is 0 Å². The number of carbonyl (C=O) groups excluding carboxylic acids is 2. The summed E-state index contributed by atoms with van der Waals surface area (Å²) in [5, 5.41) is 0. The van der Waals surface area contributed by atoms with Gasteiger partial charge in [-0.15, -0.1) is 0 Å². The molecule has 10 heteroatoms. The number of ether oxygens (including phenoxy) is 3. The zero-order valence-corrected chi connectivity index (χ0v) is 15.2. The Morgan fingerprint density at radius 2 is 1.93 bits per heavy atom. The molecule has 1 N–H and O–H groups in total. The Hall–Kier alpha value is -2.49. The Balaban J connectivity index is 2.16. The van der Waals surface area contributed by atoms with E-state index in [-0.39, 0.29) is 25.9 Å². The molecule has 9 nitrogen and oxygen atoms in total. The highest BCUT2D eigenvalue weighted by Gasteiger charge is 2.40. The molecule has 1 fully saturated rings. The van der Waals surface area contributed by atoms with Gasteiger partial charge >= 0.3 is 17.6 Å². The monoisotopic (exact) mass is 386 g/mol. The predicted octanol–water partition coefficient (Wildman–Crippen LogP) is 1.02. The topological polar surface area (TPSA) is 117 Å². The number of halogens is 1. The van der Waals surface area contributed by atoms with Crippen molar-refractivity contribution in [2.45, 2.75) is 64.4 Å². The van der Waals surface area contributed by atoms with Crippen molar-refractivity contribution in [3.8, 4) is 0 Å². The molecule has 2 rings (SSSR count). The number of hydrogen-bond acceptors (Lipinski definition) is 7. The van der Waals surface area contributed by atoms with E-state index in [4.69, 9.17) is 14.2 Å². The van der Waals surface area contributed by atoms with Gasteiger partial charge in [0.05, 0.1) is 6.20 Å². The average molecular weight is 386 g/mol. The Kier molecular flexibility index (Phi) is 7.28. The van der Waals surface area contributed by atoms with E-state index in [0.717, 1.165) is 10.8 Å². The molecule has 2 heterocycles. The van der Waals surface area contributed by atoms with Gasteiger partial charge in [-0.1, -0.05) is 13.8 Å². The fourth-order valence-corrected chi connectivity index (χ4v) is 2.70. The summed E-state index contributed by atoms with van der Waals surface area (Å²) in [5.74, 6) is -2.01. The van der Waals surface area contributed by atoms with Gasteiger partial charge in [0.2, 0.25) is 5.82 Å². The number of esters is 2. The van der Waals surface area contributed by atoms with Crippen LogP contribution in [0.25, 0.3) is 0 Å². The lowest BCUT2D eigenvalue weighted by Gasteiger charge is -2.18. The maximum Gasteiger partial charge on any atom is 0.330 e. The molecule has 0 spiro atoms. The first-order valence-corrected chi connectivity index (χ1v) is 8.87. The summed E-state index contributed by atoms with van der Waals surface area (Å²) in [4.78, 5) is 48.4. The van der Waals surface area contributed by atoms with E-state index >= 15 is 0 Å². The van der Waals surface area contributed by atoms with Crippen molar-refractivity contribution in [2.75, 3.05) is 6.61 Å². The molecule has 1 aromatic heterocycles. The van der Waals surface area contributed by atoms with E-state index in [9.17, 15) is 23.6 Å². The summed E-state index contributed by atoms with van der Waals surface area (Å²) in [6.07, 6.45) is -0.108. The molecule has 1 aliphatic rings. The third-order valence-corrected chi connectivity index (χ3v) is 4.01. The van der Waals surface area contributed by atoms with Gasteiger partial charge in [-0.3, -0.25) is 23.9 Å². The minimum atomic E-state index is -1.14. The first-order valence-electron chi connectivity index (χ1n) is 8.87. The fraction of sp³-hybridized carbons (Fsp3) is 0.647. The summed E-state index contributed by atoms with van der Waals surface area (Å²) in [6.45, 7) is 3.48. The number of H-pyrrole nitrogens is 1. The van der Waals surface area contributed by atoms with Crippen LogP contribution in [0, 0.1) is 5.82 Å². The van der Waals surface area contributed by atoms with E-state index in [1.54, 1.807) is 0 Å². The molecular weight excluding hydrogens is 363 g/mol. The van der Waals surface area contributed by atoms with Crippen molar-refractivity contribution in [3.63, 3.8) is 0 Å². The lowest BCUT2D eigenvalue weighted by Crippen LogP contribution is -2.34. The molecule has 1 aliphatic heterocycles. The number of aromatic amines is 1. The van der Waals surface area contributed by atoms with Gasteiger partial charge in [-0.05, 0) is 12.8 Å². The highest BCUT2D eigenvalue weighted by atomic mass is 19.1. The molecular formula is C17H23FN2O7. The first-order chi connectivity index (χ1) is 12.8. The SMILES string of the molecule is CCCC(=O)OC[C@@H]1O[C@H](n2cc(F)c(=O)[nH]c2=O)CC1OC(=O)CCC. The minimum absolute atomic E-state index is 0.0524. The quantitative estimate of drug-likeness (QED) is 0.663. The Bertz CT molecular complexity index is 788. The number of carbonyl (C=O) groups is 2. The van der Waals surface area contributed by atoms with Crippen LogP contribution < -0.4 is 11.2 Å². The van der Waals surface area contributed by atoms with Crippen molar-refractivity contribution in [2.24, 2.45) is 0 Å². The highest BCUT2D eigenvalue weighted by Crippen LogP contribution is 2.30. The van der Waals surface area contributed by atoms with Crippen LogP contribution >= 0.6 is 0 Å². The molecule has 0 bridgehead atoms. The van der Waals surface area contributed by atoms with Gasteiger partial charge in [0.15, 0.2) is 0 Å². The van der Waals surface area contributed by atoms with Crippen LogP contribution in [0.4, 0.5) is 4.39 Å². The van der Waals surface area contributed by atoms with Crippen LogP contribution in [0.1, 0.15) is 52.2 Å². The van der Waals surface area contributed by atoms with Gasteiger partial charge in [-0.2, -0.15) is 4.39 Å². The van der Waals surface area contributed by atoms with E-state index in [1.165, 1.54) is 0 Å². The van der Waals surface area contributed by atoms with Crippen molar-refractivity contribution >= 4 is 11.9 Å². The van der Waals surface area contributed by atoms with E-state index in [0.29, 0.717) is 12.8 Å². The van der Waals surface area contributed by atoms with Gasteiger partial charge in [0, 0.05) is 19.3 Å². The molecule has 0 aromatic carbocycles. The maximum atomic E-state index is 13.5. The fourth-order valence-electron chi connectivity index (χ4n) is 2.70. The Labute approximate surface area is 154 Å². The lowest BCUT2D eigenvalue weighted by molar-refractivity contribution is -0.158. The standard InChI is InChI=1S/C17H23FN2O7/c1-3-5-14(21)25-9-12-11(27-15(22)6-4-2)7-13(26-12)20-8-10(18)16(23)19-17(20)24/h8,11-13H,3-7,9H2,1-2H3,(H,19,23,24)/t11?,12-,13-/m0/s1. The first kappa shape index (κ1) is 20.8. The van der Waals surface area contributed by atoms with Gasteiger partial charge in [0.25, 0.3) is 5.56 Å². The second kappa shape index (κ2) is 9.45. The van der Waals surface area contributed by atoms with Crippen molar-refractivity contribution < 1.29 is 28.2 Å². The van der Waals surface area contributed by atoms with Crippen LogP contribution in [-0.4, -0.2) is 40.3 Å². The van der Waals surface area contributed by atoms with E-state index in [2.05, 4.69) is 0 Å². The number of nitrogens with one attached hydrogen (secondary N) is 1. The maximum absolute atomic E-state index is 13.5.